The minimum atomic E-state index is -0.551. The van der Waals surface area contributed by atoms with E-state index in [4.69, 9.17) is 28.6 Å². The average Bonchev–Trinajstić information content (AvgIpc) is 3.20. The Morgan fingerprint density at radius 1 is 1.00 bits per heavy atom. The maximum absolute atomic E-state index is 13.4. The molecular formula is C30H23BrClN3O3S. The SMILES string of the molecule is Cc1cc(/C=C2\C(=O)NC(=S)N(c3ccccc3Cl)C2=O)c(C)n1-c1ccc(OCc2ccc(Br)cc2)cc1. The van der Waals surface area contributed by atoms with Gasteiger partial charge in [-0.05, 0) is 97.9 Å². The van der Waals surface area contributed by atoms with Gasteiger partial charge in [-0.2, -0.15) is 0 Å². The van der Waals surface area contributed by atoms with E-state index < -0.39 is 11.8 Å². The van der Waals surface area contributed by atoms with E-state index in [1.807, 2.05) is 68.4 Å². The first-order valence-corrected chi connectivity index (χ1v) is 13.6. The van der Waals surface area contributed by atoms with Gasteiger partial charge in [-0.1, -0.05) is 51.8 Å². The molecule has 1 saturated heterocycles. The van der Waals surface area contributed by atoms with Gasteiger partial charge in [-0.3, -0.25) is 19.8 Å². The van der Waals surface area contributed by atoms with Gasteiger partial charge in [0.05, 0.1) is 10.7 Å². The normalized spacial score (nSPS) is 14.6. The fourth-order valence-corrected chi connectivity index (χ4v) is 5.19. The van der Waals surface area contributed by atoms with Gasteiger partial charge in [0.25, 0.3) is 11.8 Å². The Bertz CT molecular complexity index is 1630. The maximum Gasteiger partial charge on any atom is 0.270 e. The summed E-state index contributed by atoms with van der Waals surface area (Å²) in [6.45, 7) is 4.39. The maximum atomic E-state index is 13.4. The third-order valence-corrected chi connectivity index (χ3v) is 7.51. The van der Waals surface area contributed by atoms with Crippen molar-refractivity contribution in [3.8, 4) is 11.4 Å². The van der Waals surface area contributed by atoms with Crippen molar-refractivity contribution in [3.63, 3.8) is 0 Å². The van der Waals surface area contributed by atoms with Gasteiger partial charge in [0.15, 0.2) is 5.11 Å². The monoisotopic (exact) mass is 619 g/mol. The average molecular weight is 621 g/mol. The highest BCUT2D eigenvalue weighted by Crippen LogP contribution is 2.30. The topological polar surface area (TPSA) is 63.6 Å². The minimum absolute atomic E-state index is 0.0110. The molecule has 0 unspecified atom stereocenters. The van der Waals surface area contributed by atoms with E-state index in [0.717, 1.165) is 38.4 Å². The van der Waals surface area contributed by atoms with Crippen LogP contribution in [0.1, 0.15) is 22.5 Å². The highest BCUT2D eigenvalue weighted by Gasteiger charge is 2.35. The van der Waals surface area contributed by atoms with Crippen LogP contribution in [0.25, 0.3) is 11.8 Å². The van der Waals surface area contributed by atoms with Crippen LogP contribution in [0.5, 0.6) is 5.75 Å². The fourth-order valence-electron chi connectivity index (χ4n) is 4.43. The Hall–Kier alpha value is -3.72. The first kappa shape index (κ1) is 26.9. The number of anilines is 1. The molecule has 0 radical (unpaired) electrons. The fraction of sp³-hybridized carbons (Fsp3) is 0.100. The number of thiocarbonyl (C=S) groups is 1. The molecule has 1 aromatic heterocycles. The summed E-state index contributed by atoms with van der Waals surface area (Å²) in [6.07, 6.45) is 1.60. The predicted octanol–water partition coefficient (Wildman–Crippen LogP) is 6.92. The number of rotatable bonds is 6. The zero-order valence-corrected chi connectivity index (χ0v) is 24.2. The number of carbonyl (C=O) groups excluding carboxylic acids is 2. The summed E-state index contributed by atoms with van der Waals surface area (Å²) in [5.74, 6) is -0.328. The summed E-state index contributed by atoms with van der Waals surface area (Å²) in [6, 6.07) is 24.6. The summed E-state index contributed by atoms with van der Waals surface area (Å²) < 4.78 is 9.02. The number of ether oxygens (including phenoxy) is 1. The lowest BCUT2D eigenvalue weighted by molar-refractivity contribution is -0.122. The first-order valence-electron chi connectivity index (χ1n) is 12.1. The van der Waals surface area contributed by atoms with Crippen molar-refractivity contribution in [2.45, 2.75) is 20.5 Å². The molecule has 39 heavy (non-hydrogen) atoms. The molecule has 4 aromatic rings. The number of nitrogens with one attached hydrogen (secondary N) is 1. The third kappa shape index (κ3) is 5.54. The molecule has 0 aliphatic carbocycles. The summed E-state index contributed by atoms with van der Waals surface area (Å²) in [5.41, 5.74) is 4.96. The van der Waals surface area contributed by atoms with E-state index in [9.17, 15) is 9.59 Å². The summed E-state index contributed by atoms with van der Waals surface area (Å²) in [7, 11) is 0. The van der Waals surface area contributed by atoms with Crippen LogP contribution in [0.4, 0.5) is 5.69 Å². The molecule has 0 bridgehead atoms. The van der Waals surface area contributed by atoms with Crippen molar-refractivity contribution in [1.29, 1.82) is 0 Å². The second-order valence-corrected chi connectivity index (χ2v) is 10.7. The smallest absolute Gasteiger partial charge is 0.270 e. The molecule has 196 valence electrons. The van der Waals surface area contributed by atoms with E-state index in [2.05, 4.69) is 25.8 Å². The molecule has 3 aromatic carbocycles. The van der Waals surface area contributed by atoms with E-state index in [1.54, 1.807) is 30.3 Å². The van der Waals surface area contributed by atoms with Crippen LogP contribution in [0, 0.1) is 13.8 Å². The van der Waals surface area contributed by atoms with Gasteiger partial charge in [-0.15, -0.1) is 0 Å². The number of benzene rings is 3. The Morgan fingerprint density at radius 2 is 1.69 bits per heavy atom. The molecule has 2 heterocycles. The summed E-state index contributed by atoms with van der Waals surface area (Å²) in [5, 5.41) is 2.95. The molecule has 1 aliphatic rings. The quantitative estimate of drug-likeness (QED) is 0.144. The van der Waals surface area contributed by atoms with Crippen LogP contribution >= 0.6 is 39.7 Å². The van der Waals surface area contributed by atoms with E-state index in [1.165, 1.54) is 4.90 Å². The van der Waals surface area contributed by atoms with Gasteiger partial charge in [0.2, 0.25) is 0 Å². The standard InChI is InChI=1S/C30H23BrClN3O3S/c1-18-15-21(16-25-28(36)33-30(39)35(29(25)37)27-6-4-3-5-26(27)32)19(2)34(18)23-11-13-24(14-12-23)38-17-20-7-9-22(31)10-8-20/h3-16H,17H2,1-2H3,(H,33,36,39)/b25-16+. The number of halogens is 2. The second-order valence-electron chi connectivity index (χ2n) is 8.98. The molecule has 5 rings (SSSR count). The molecule has 0 atom stereocenters. The summed E-state index contributed by atoms with van der Waals surface area (Å²) in [4.78, 5) is 27.5. The lowest BCUT2D eigenvalue weighted by Crippen LogP contribution is -2.54. The number of carbonyl (C=O) groups is 2. The van der Waals surface area contributed by atoms with Crippen molar-refractivity contribution >= 4 is 68.4 Å². The molecule has 2 amide bonds. The van der Waals surface area contributed by atoms with Gasteiger partial charge in [0, 0.05) is 21.5 Å². The lowest BCUT2D eigenvalue weighted by Gasteiger charge is -2.29. The number of nitrogens with zero attached hydrogens (tertiary/aromatic N) is 2. The van der Waals surface area contributed by atoms with E-state index in [-0.39, 0.29) is 10.7 Å². The van der Waals surface area contributed by atoms with E-state index >= 15 is 0 Å². The van der Waals surface area contributed by atoms with Crippen LogP contribution in [0.3, 0.4) is 0 Å². The Morgan fingerprint density at radius 3 is 2.38 bits per heavy atom. The highest BCUT2D eigenvalue weighted by atomic mass is 79.9. The molecule has 9 heteroatoms. The first-order chi connectivity index (χ1) is 18.7. The highest BCUT2D eigenvalue weighted by molar-refractivity contribution is 9.10. The summed E-state index contributed by atoms with van der Waals surface area (Å²) >= 11 is 15.0. The van der Waals surface area contributed by atoms with Crippen LogP contribution < -0.4 is 15.0 Å². The van der Waals surface area contributed by atoms with Crippen LogP contribution in [0.2, 0.25) is 5.02 Å². The number of hydrogen-bond donors (Lipinski definition) is 1. The van der Waals surface area contributed by atoms with Crippen molar-refractivity contribution in [1.82, 2.24) is 9.88 Å². The third-order valence-electron chi connectivity index (χ3n) is 6.38. The second kappa shape index (κ2) is 11.2. The zero-order chi connectivity index (χ0) is 27.7. The van der Waals surface area contributed by atoms with Crippen molar-refractivity contribution in [2.24, 2.45) is 0 Å². The number of hydrogen-bond acceptors (Lipinski definition) is 4. The molecule has 0 saturated carbocycles. The molecule has 1 aliphatic heterocycles. The Balaban J connectivity index is 1.40. The van der Waals surface area contributed by atoms with Crippen LogP contribution in [-0.4, -0.2) is 21.5 Å². The van der Waals surface area contributed by atoms with Gasteiger partial charge in [-0.25, -0.2) is 0 Å². The molecule has 6 nitrogen and oxygen atoms in total. The van der Waals surface area contributed by atoms with Crippen LogP contribution in [0.15, 0.2) is 88.9 Å². The van der Waals surface area contributed by atoms with E-state index in [0.29, 0.717) is 17.3 Å². The number of amides is 2. The molecule has 0 spiro atoms. The Labute approximate surface area is 245 Å². The zero-order valence-electron chi connectivity index (χ0n) is 21.1. The lowest BCUT2D eigenvalue weighted by atomic mass is 10.1. The number of aryl methyl sites for hydroxylation is 1. The van der Waals surface area contributed by atoms with Gasteiger partial charge < -0.3 is 9.30 Å². The largest absolute Gasteiger partial charge is 0.489 e. The van der Waals surface area contributed by atoms with Crippen molar-refractivity contribution in [2.75, 3.05) is 4.90 Å². The van der Waals surface area contributed by atoms with Crippen LogP contribution in [-0.2, 0) is 16.2 Å². The van der Waals surface area contributed by atoms with Gasteiger partial charge >= 0.3 is 0 Å². The number of para-hydroxylation sites is 1. The molecule has 1 N–H and O–H groups in total. The molecular weight excluding hydrogens is 598 g/mol. The predicted molar refractivity (Wildman–Crippen MR) is 161 cm³/mol. The Kier molecular flexibility index (Phi) is 7.70. The minimum Gasteiger partial charge on any atom is -0.489 e. The van der Waals surface area contributed by atoms with Gasteiger partial charge in [0.1, 0.15) is 17.9 Å². The molecule has 1 fully saturated rings. The van der Waals surface area contributed by atoms with Crippen molar-refractivity contribution < 1.29 is 14.3 Å². The van der Waals surface area contributed by atoms with Crippen molar-refractivity contribution in [3.05, 3.63) is 116 Å². The number of aromatic nitrogens is 1.